The molecular weight excluding hydrogens is 314 g/mol. The van der Waals surface area contributed by atoms with E-state index < -0.39 is 0 Å². The predicted molar refractivity (Wildman–Crippen MR) is 96.5 cm³/mol. The fourth-order valence-corrected chi connectivity index (χ4v) is 2.68. The minimum absolute atomic E-state index is 0.125. The third-order valence-electron chi connectivity index (χ3n) is 3.95. The van der Waals surface area contributed by atoms with Crippen LogP contribution in [0, 0.1) is 11.3 Å². The lowest BCUT2D eigenvalue weighted by Crippen LogP contribution is -2.34. The van der Waals surface area contributed by atoms with Crippen molar-refractivity contribution in [3.63, 3.8) is 0 Å². The van der Waals surface area contributed by atoms with Gasteiger partial charge >= 0.3 is 0 Å². The van der Waals surface area contributed by atoms with Crippen molar-refractivity contribution in [1.29, 1.82) is 5.26 Å². The van der Waals surface area contributed by atoms with Crippen molar-refractivity contribution in [3.05, 3.63) is 71.9 Å². The van der Waals surface area contributed by atoms with Crippen molar-refractivity contribution >= 4 is 22.5 Å². The molecule has 1 amide bonds. The molecule has 0 unspecified atom stereocenters. The molecule has 0 radical (unpaired) electrons. The van der Waals surface area contributed by atoms with E-state index in [1.54, 1.807) is 48.5 Å². The lowest BCUT2D eigenvalue weighted by Gasteiger charge is -2.23. The number of carbonyl (C=O) groups is 1. The van der Waals surface area contributed by atoms with Gasteiger partial charge < -0.3 is 9.64 Å². The highest BCUT2D eigenvalue weighted by molar-refractivity contribution is 6.13. The van der Waals surface area contributed by atoms with Crippen LogP contribution in [0.5, 0.6) is 0 Å². The second kappa shape index (κ2) is 7.56. The van der Waals surface area contributed by atoms with Gasteiger partial charge in [-0.05, 0) is 42.5 Å². The van der Waals surface area contributed by atoms with E-state index >= 15 is 0 Å². The summed E-state index contributed by atoms with van der Waals surface area (Å²) in [7, 11) is 1.60. The molecule has 0 bridgehead atoms. The molecule has 1 aromatic heterocycles. The highest BCUT2D eigenvalue weighted by Crippen LogP contribution is 2.22. The molecule has 0 aliphatic carbocycles. The molecule has 3 rings (SSSR count). The van der Waals surface area contributed by atoms with Gasteiger partial charge in [0.2, 0.25) is 0 Å². The Morgan fingerprint density at radius 2 is 1.96 bits per heavy atom. The number of nitrogens with zero attached hydrogens (tertiary/aromatic N) is 3. The summed E-state index contributed by atoms with van der Waals surface area (Å²) < 4.78 is 5.15. The number of benzene rings is 2. The first-order chi connectivity index (χ1) is 12.2. The Morgan fingerprint density at radius 3 is 2.68 bits per heavy atom. The van der Waals surface area contributed by atoms with Crippen LogP contribution in [0.25, 0.3) is 10.9 Å². The lowest BCUT2D eigenvalue weighted by molar-refractivity contribution is 0.0977. The topological polar surface area (TPSA) is 66.2 Å². The van der Waals surface area contributed by atoms with Crippen molar-refractivity contribution in [2.24, 2.45) is 0 Å². The second-order valence-electron chi connectivity index (χ2n) is 5.48. The molecule has 0 fully saturated rings. The molecule has 124 valence electrons. The van der Waals surface area contributed by atoms with Crippen LogP contribution in [0.15, 0.2) is 60.8 Å². The van der Waals surface area contributed by atoms with Gasteiger partial charge in [0.15, 0.2) is 0 Å². The monoisotopic (exact) mass is 331 g/mol. The van der Waals surface area contributed by atoms with Crippen molar-refractivity contribution < 1.29 is 9.53 Å². The van der Waals surface area contributed by atoms with Crippen molar-refractivity contribution in [1.82, 2.24) is 4.98 Å². The SMILES string of the molecule is COCCN(C(=O)c1cccc2ncccc12)c1ccc(C#N)cc1. The Bertz CT molecular complexity index is 924. The highest BCUT2D eigenvalue weighted by Gasteiger charge is 2.19. The maximum absolute atomic E-state index is 13.2. The number of fused-ring (bicyclic) bond motifs is 1. The standard InChI is InChI=1S/C20H17N3O2/c1-25-13-12-23(16-9-7-15(14-21)8-10-16)20(24)18-4-2-6-19-17(18)5-3-11-22-19/h2-11H,12-13H2,1H3. The number of anilines is 1. The molecule has 5 heteroatoms. The summed E-state index contributed by atoms with van der Waals surface area (Å²) in [5.74, 6) is -0.125. The summed E-state index contributed by atoms with van der Waals surface area (Å²) in [5.41, 5.74) is 2.64. The Hall–Kier alpha value is -3.23. The third-order valence-corrected chi connectivity index (χ3v) is 3.95. The molecule has 0 saturated heterocycles. The smallest absolute Gasteiger partial charge is 0.259 e. The van der Waals surface area contributed by atoms with Crippen LogP contribution in [0.2, 0.25) is 0 Å². The largest absolute Gasteiger partial charge is 0.383 e. The molecule has 0 aliphatic heterocycles. The average molecular weight is 331 g/mol. The normalized spacial score (nSPS) is 10.4. The molecular formula is C20H17N3O2. The van der Waals surface area contributed by atoms with Crippen LogP contribution >= 0.6 is 0 Å². The number of hydrogen-bond acceptors (Lipinski definition) is 4. The Kier molecular flexibility index (Phi) is 5.03. The Morgan fingerprint density at radius 1 is 1.16 bits per heavy atom. The molecule has 5 nitrogen and oxygen atoms in total. The number of carbonyl (C=O) groups excluding carboxylic acids is 1. The molecule has 0 N–H and O–H groups in total. The Labute approximate surface area is 146 Å². The number of pyridine rings is 1. The van der Waals surface area contributed by atoms with Gasteiger partial charge in [0.05, 0.1) is 23.8 Å². The zero-order valence-electron chi connectivity index (χ0n) is 13.8. The predicted octanol–water partition coefficient (Wildman–Crippen LogP) is 3.40. The maximum atomic E-state index is 13.2. The van der Waals surface area contributed by atoms with Crippen LogP contribution in [0.3, 0.4) is 0 Å². The van der Waals surface area contributed by atoms with Gasteiger partial charge in [-0.2, -0.15) is 5.26 Å². The van der Waals surface area contributed by atoms with Crippen LogP contribution in [0.4, 0.5) is 5.69 Å². The molecule has 3 aromatic rings. The summed E-state index contributed by atoms with van der Waals surface area (Å²) in [6.07, 6.45) is 1.71. The zero-order valence-corrected chi connectivity index (χ0v) is 13.8. The molecule has 2 aromatic carbocycles. The summed E-state index contributed by atoms with van der Waals surface area (Å²) in [6, 6.07) is 18.3. The fraction of sp³-hybridized carbons (Fsp3) is 0.150. The summed E-state index contributed by atoms with van der Waals surface area (Å²) >= 11 is 0. The highest BCUT2D eigenvalue weighted by atomic mass is 16.5. The fourth-order valence-electron chi connectivity index (χ4n) is 2.68. The van der Waals surface area contributed by atoms with Crippen LogP contribution in [-0.4, -0.2) is 31.2 Å². The molecule has 0 atom stereocenters. The van der Waals surface area contributed by atoms with Crippen LogP contribution < -0.4 is 4.90 Å². The number of rotatable bonds is 5. The van der Waals surface area contributed by atoms with Crippen molar-refractivity contribution in [2.45, 2.75) is 0 Å². The number of amides is 1. The summed E-state index contributed by atoms with van der Waals surface area (Å²) in [5, 5.41) is 9.77. The number of aromatic nitrogens is 1. The molecule has 0 saturated carbocycles. The van der Waals surface area contributed by atoms with Gasteiger partial charge in [-0.15, -0.1) is 0 Å². The zero-order chi connectivity index (χ0) is 17.6. The van der Waals surface area contributed by atoms with E-state index in [2.05, 4.69) is 11.1 Å². The summed E-state index contributed by atoms with van der Waals surface area (Å²) in [6.45, 7) is 0.826. The van der Waals surface area contributed by atoms with Gasteiger partial charge in [-0.1, -0.05) is 12.1 Å². The van der Waals surface area contributed by atoms with Gasteiger partial charge in [0.1, 0.15) is 0 Å². The molecule has 25 heavy (non-hydrogen) atoms. The summed E-state index contributed by atoms with van der Waals surface area (Å²) in [4.78, 5) is 19.2. The first kappa shape index (κ1) is 16.6. The molecule has 0 aliphatic rings. The van der Waals surface area contributed by atoms with Gasteiger partial charge in [-0.3, -0.25) is 9.78 Å². The van der Waals surface area contributed by atoms with E-state index in [0.29, 0.717) is 24.3 Å². The number of nitriles is 1. The quantitative estimate of drug-likeness (QED) is 0.719. The average Bonchev–Trinajstić information content (AvgIpc) is 2.68. The third kappa shape index (κ3) is 3.49. The molecule has 0 spiro atoms. The van der Waals surface area contributed by atoms with E-state index in [1.807, 2.05) is 24.3 Å². The number of ether oxygens (including phenoxy) is 1. The number of methoxy groups -OCH3 is 1. The molecule has 1 heterocycles. The van der Waals surface area contributed by atoms with Crippen molar-refractivity contribution in [2.75, 3.05) is 25.2 Å². The van der Waals surface area contributed by atoms with E-state index in [9.17, 15) is 4.79 Å². The van der Waals surface area contributed by atoms with E-state index in [4.69, 9.17) is 10.00 Å². The first-order valence-electron chi connectivity index (χ1n) is 7.89. The van der Waals surface area contributed by atoms with Gasteiger partial charge in [0.25, 0.3) is 5.91 Å². The van der Waals surface area contributed by atoms with Crippen molar-refractivity contribution in [3.8, 4) is 6.07 Å². The van der Waals surface area contributed by atoms with E-state index in [-0.39, 0.29) is 5.91 Å². The minimum Gasteiger partial charge on any atom is -0.383 e. The van der Waals surface area contributed by atoms with Crippen LogP contribution in [0.1, 0.15) is 15.9 Å². The lowest BCUT2D eigenvalue weighted by atomic mass is 10.1. The minimum atomic E-state index is -0.125. The van der Waals surface area contributed by atoms with Gasteiger partial charge in [0, 0.05) is 36.5 Å². The second-order valence-corrected chi connectivity index (χ2v) is 5.48. The van der Waals surface area contributed by atoms with E-state index in [1.165, 1.54) is 0 Å². The number of hydrogen-bond donors (Lipinski definition) is 0. The first-order valence-corrected chi connectivity index (χ1v) is 7.89. The maximum Gasteiger partial charge on any atom is 0.259 e. The van der Waals surface area contributed by atoms with Gasteiger partial charge in [-0.25, -0.2) is 0 Å². The van der Waals surface area contributed by atoms with Crippen LogP contribution in [-0.2, 0) is 4.74 Å². The Balaban J connectivity index is 2.02. The van der Waals surface area contributed by atoms with E-state index in [0.717, 1.165) is 16.6 Å².